The van der Waals surface area contributed by atoms with Crippen LogP contribution in [-0.4, -0.2) is 48.2 Å². The highest BCUT2D eigenvalue weighted by Gasteiger charge is 2.39. The van der Waals surface area contributed by atoms with Crippen LogP contribution in [0.5, 0.6) is 0 Å². The molecule has 0 aliphatic carbocycles. The van der Waals surface area contributed by atoms with Crippen molar-refractivity contribution in [2.45, 2.75) is 39.2 Å². The quantitative estimate of drug-likeness (QED) is 0.788. The molecule has 25 heavy (non-hydrogen) atoms. The highest BCUT2D eigenvalue weighted by molar-refractivity contribution is 6.38. The van der Waals surface area contributed by atoms with Crippen molar-refractivity contribution in [3.8, 4) is 0 Å². The van der Waals surface area contributed by atoms with Gasteiger partial charge in [-0.2, -0.15) is 5.10 Å². The predicted molar refractivity (Wildman–Crippen MR) is 96.4 cm³/mol. The molecule has 2 aliphatic rings. The van der Waals surface area contributed by atoms with Crippen LogP contribution in [0.4, 0.5) is 5.69 Å². The van der Waals surface area contributed by atoms with Crippen LogP contribution in [0.25, 0.3) is 0 Å². The molecule has 0 saturated carbocycles. The van der Waals surface area contributed by atoms with Crippen LogP contribution in [0, 0.1) is 5.92 Å². The van der Waals surface area contributed by atoms with Crippen molar-refractivity contribution < 1.29 is 14.3 Å². The average Bonchev–Trinajstić information content (AvgIpc) is 3.07. The SMILES string of the molecule is CCOC(=O)C1=NN(c2ccccc2)[C@H](C(=O)N2CCC[C@@H](C)C2)C1. The lowest BCUT2D eigenvalue weighted by molar-refractivity contribution is -0.135. The first-order chi connectivity index (χ1) is 12.1. The normalized spacial score (nSPS) is 23.4. The highest BCUT2D eigenvalue weighted by Crippen LogP contribution is 2.27. The molecule has 0 spiro atoms. The molecule has 1 saturated heterocycles. The van der Waals surface area contributed by atoms with Crippen molar-refractivity contribution in [1.82, 2.24) is 4.90 Å². The fourth-order valence-corrected chi connectivity index (χ4v) is 3.46. The number of benzene rings is 1. The number of anilines is 1. The Morgan fingerprint density at radius 1 is 1.28 bits per heavy atom. The number of amides is 1. The third-order valence-electron chi connectivity index (χ3n) is 4.70. The number of carbonyl (C=O) groups excluding carboxylic acids is 2. The van der Waals surface area contributed by atoms with Crippen LogP contribution in [0.2, 0.25) is 0 Å². The minimum absolute atomic E-state index is 0.0402. The maximum Gasteiger partial charge on any atom is 0.354 e. The Kier molecular flexibility index (Phi) is 5.36. The molecule has 0 aromatic heterocycles. The second-order valence-electron chi connectivity index (χ2n) is 6.70. The number of para-hydroxylation sites is 1. The minimum Gasteiger partial charge on any atom is -0.461 e. The number of hydrazone groups is 1. The van der Waals surface area contributed by atoms with Crippen molar-refractivity contribution in [3.05, 3.63) is 30.3 Å². The summed E-state index contributed by atoms with van der Waals surface area (Å²) in [5.74, 6) is 0.110. The lowest BCUT2D eigenvalue weighted by atomic mass is 9.99. The van der Waals surface area contributed by atoms with Crippen LogP contribution >= 0.6 is 0 Å². The lowest BCUT2D eigenvalue weighted by Gasteiger charge is -2.34. The molecule has 0 unspecified atom stereocenters. The van der Waals surface area contributed by atoms with Gasteiger partial charge >= 0.3 is 5.97 Å². The monoisotopic (exact) mass is 343 g/mol. The Bertz CT molecular complexity index is 659. The summed E-state index contributed by atoms with van der Waals surface area (Å²) in [7, 11) is 0. The van der Waals surface area contributed by atoms with E-state index in [4.69, 9.17) is 4.74 Å². The largest absolute Gasteiger partial charge is 0.461 e. The van der Waals surface area contributed by atoms with E-state index in [1.807, 2.05) is 35.2 Å². The van der Waals surface area contributed by atoms with Gasteiger partial charge in [0.25, 0.3) is 0 Å². The molecule has 3 rings (SSSR count). The van der Waals surface area contributed by atoms with E-state index in [0.29, 0.717) is 18.2 Å². The average molecular weight is 343 g/mol. The van der Waals surface area contributed by atoms with Gasteiger partial charge in [-0.15, -0.1) is 0 Å². The zero-order valence-electron chi connectivity index (χ0n) is 14.9. The Labute approximate surface area is 148 Å². The van der Waals surface area contributed by atoms with E-state index < -0.39 is 12.0 Å². The first kappa shape index (κ1) is 17.5. The fourth-order valence-electron chi connectivity index (χ4n) is 3.46. The van der Waals surface area contributed by atoms with E-state index in [1.165, 1.54) is 0 Å². The molecule has 134 valence electrons. The number of carbonyl (C=O) groups is 2. The molecule has 0 bridgehead atoms. The number of hydrogen-bond acceptors (Lipinski definition) is 5. The molecule has 2 heterocycles. The van der Waals surface area contributed by atoms with E-state index in [0.717, 1.165) is 31.6 Å². The summed E-state index contributed by atoms with van der Waals surface area (Å²) < 4.78 is 5.08. The van der Waals surface area contributed by atoms with E-state index in [-0.39, 0.29) is 12.3 Å². The Morgan fingerprint density at radius 3 is 2.72 bits per heavy atom. The van der Waals surface area contributed by atoms with Gasteiger partial charge < -0.3 is 9.64 Å². The molecule has 1 aromatic rings. The van der Waals surface area contributed by atoms with Gasteiger partial charge in [-0.25, -0.2) is 4.79 Å². The zero-order chi connectivity index (χ0) is 17.8. The third kappa shape index (κ3) is 3.83. The maximum atomic E-state index is 13.1. The second kappa shape index (κ2) is 7.68. The number of hydrogen-bond donors (Lipinski definition) is 0. The summed E-state index contributed by atoms with van der Waals surface area (Å²) >= 11 is 0. The molecular weight excluding hydrogens is 318 g/mol. The van der Waals surface area contributed by atoms with Gasteiger partial charge in [0.2, 0.25) is 5.91 Å². The third-order valence-corrected chi connectivity index (χ3v) is 4.70. The summed E-state index contributed by atoms with van der Waals surface area (Å²) in [5.41, 5.74) is 1.12. The molecule has 6 nitrogen and oxygen atoms in total. The fraction of sp³-hybridized carbons (Fsp3) is 0.526. The molecule has 1 aromatic carbocycles. The first-order valence-electron chi connectivity index (χ1n) is 8.97. The number of piperidine rings is 1. The van der Waals surface area contributed by atoms with Crippen LogP contribution in [0.15, 0.2) is 35.4 Å². The first-order valence-corrected chi connectivity index (χ1v) is 8.97. The van der Waals surface area contributed by atoms with E-state index >= 15 is 0 Å². The molecule has 1 fully saturated rings. The number of ether oxygens (including phenoxy) is 1. The maximum absolute atomic E-state index is 13.1. The van der Waals surface area contributed by atoms with Crippen molar-refractivity contribution in [2.75, 3.05) is 24.7 Å². The van der Waals surface area contributed by atoms with Crippen molar-refractivity contribution in [2.24, 2.45) is 11.0 Å². The summed E-state index contributed by atoms with van der Waals surface area (Å²) in [4.78, 5) is 27.1. The van der Waals surface area contributed by atoms with Crippen LogP contribution in [0.3, 0.4) is 0 Å². The Balaban J connectivity index is 1.83. The topological polar surface area (TPSA) is 62.2 Å². The van der Waals surface area contributed by atoms with Gasteiger partial charge in [0.1, 0.15) is 11.8 Å². The van der Waals surface area contributed by atoms with E-state index in [2.05, 4.69) is 12.0 Å². The number of nitrogens with zero attached hydrogens (tertiary/aromatic N) is 3. The summed E-state index contributed by atoms with van der Waals surface area (Å²) in [6.45, 7) is 5.78. The number of esters is 1. The van der Waals surface area contributed by atoms with Crippen molar-refractivity contribution in [1.29, 1.82) is 0 Å². The smallest absolute Gasteiger partial charge is 0.354 e. The Hall–Kier alpha value is -2.37. The van der Waals surface area contributed by atoms with Gasteiger partial charge in [0.05, 0.1) is 12.3 Å². The number of rotatable bonds is 4. The van der Waals surface area contributed by atoms with Crippen LogP contribution in [-0.2, 0) is 14.3 Å². The van der Waals surface area contributed by atoms with Gasteiger partial charge in [-0.05, 0) is 37.8 Å². The Morgan fingerprint density at radius 2 is 2.04 bits per heavy atom. The van der Waals surface area contributed by atoms with Gasteiger partial charge in [-0.3, -0.25) is 9.80 Å². The molecule has 6 heteroatoms. The minimum atomic E-state index is -0.480. The van der Waals surface area contributed by atoms with E-state index in [1.54, 1.807) is 11.9 Å². The lowest BCUT2D eigenvalue weighted by Crippen LogP contribution is -2.48. The summed E-state index contributed by atoms with van der Waals surface area (Å²) in [5, 5.41) is 6.10. The summed E-state index contributed by atoms with van der Waals surface area (Å²) in [6, 6.07) is 9.04. The standard InChI is InChI=1S/C19H25N3O3/c1-3-25-19(24)16-12-17(18(23)21-11-7-8-14(2)13-21)22(20-16)15-9-5-4-6-10-15/h4-6,9-10,14,17H,3,7-8,11-13H2,1-2H3/t14-,17+/m1/s1. The zero-order valence-corrected chi connectivity index (χ0v) is 14.9. The molecular formula is C19H25N3O3. The molecule has 0 N–H and O–H groups in total. The highest BCUT2D eigenvalue weighted by atomic mass is 16.5. The van der Waals surface area contributed by atoms with Crippen molar-refractivity contribution in [3.63, 3.8) is 0 Å². The van der Waals surface area contributed by atoms with Crippen LogP contribution < -0.4 is 5.01 Å². The van der Waals surface area contributed by atoms with Gasteiger partial charge in [-0.1, -0.05) is 25.1 Å². The van der Waals surface area contributed by atoms with Gasteiger partial charge in [0.15, 0.2) is 0 Å². The van der Waals surface area contributed by atoms with E-state index in [9.17, 15) is 9.59 Å². The molecule has 1 amide bonds. The molecule has 2 atom stereocenters. The van der Waals surface area contributed by atoms with Crippen molar-refractivity contribution >= 4 is 23.3 Å². The molecule has 2 aliphatic heterocycles. The predicted octanol–water partition coefficient (Wildman–Crippen LogP) is 2.44. The second-order valence-corrected chi connectivity index (χ2v) is 6.70. The summed E-state index contributed by atoms with van der Waals surface area (Å²) in [6.07, 6.45) is 2.47. The van der Waals surface area contributed by atoms with Crippen LogP contribution in [0.1, 0.15) is 33.1 Å². The number of likely N-dealkylation sites (tertiary alicyclic amines) is 1. The van der Waals surface area contributed by atoms with Gasteiger partial charge in [0, 0.05) is 19.5 Å². The molecule has 0 radical (unpaired) electrons.